The molecule has 0 fully saturated rings. The molecule has 0 atom stereocenters. The Morgan fingerprint density at radius 1 is 1.05 bits per heavy atom. The molecule has 2 aromatic rings. The summed E-state index contributed by atoms with van der Waals surface area (Å²) in [5.74, 6) is -2.16. The Hall–Kier alpha value is -2.34. The number of aryl methyl sites for hydroxylation is 1. The minimum Gasteiger partial charge on any atom is -0.478 e. The number of nitrogens with one attached hydrogen (secondary N) is 1. The zero-order chi connectivity index (χ0) is 15.6. The lowest BCUT2D eigenvalue weighted by Gasteiger charge is -2.14. The molecule has 0 saturated heterocycles. The second-order valence-corrected chi connectivity index (χ2v) is 5.34. The maximum atomic E-state index is 11.3. The Morgan fingerprint density at radius 2 is 1.71 bits per heavy atom. The third kappa shape index (κ3) is 3.22. The van der Waals surface area contributed by atoms with Gasteiger partial charge >= 0.3 is 11.9 Å². The summed E-state index contributed by atoms with van der Waals surface area (Å²) in [6, 6.07) is 9.53. The van der Waals surface area contributed by atoms with Crippen LogP contribution in [0.5, 0.6) is 0 Å². The van der Waals surface area contributed by atoms with Crippen LogP contribution < -0.4 is 5.32 Å². The topological polar surface area (TPSA) is 86.6 Å². The van der Waals surface area contributed by atoms with Gasteiger partial charge in [-0.15, -0.1) is 0 Å². The third-order valence-corrected chi connectivity index (χ3v) is 3.47. The highest BCUT2D eigenvalue weighted by atomic mass is 79.9. The number of aromatic carboxylic acids is 2. The second-order valence-electron chi connectivity index (χ2n) is 4.42. The lowest BCUT2D eigenvalue weighted by Crippen LogP contribution is -2.07. The lowest BCUT2D eigenvalue weighted by atomic mass is 10.1. The van der Waals surface area contributed by atoms with E-state index in [4.69, 9.17) is 0 Å². The molecule has 0 radical (unpaired) electrons. The summed E-state index contributed by atoms with van der Waals surface area (Å²) in [6.45, 7) is 1.76. The van der Waals surface area contributed by atoms with Crippen LogP contribution in [0.1, 0.15) is 26.3 Å². The zero-order valence-corrected chi connectivity index (χ0v) is 12.6. The highest BCUT2D eigenvalue weighted by Crippen LogP contribution is 2.29. The van der Waals surface area contributed by atoms with E-state index in [0.717, 1.165) is 0 Å². The van der Waals surface area contributed by atoms with Crippen LogP contribution in [0.15, 0.2) is 40.9 Å². The van der Waals surface area contributed by atoms with Crippen molar-refractivity contribution in [3.05, 3.63) is 57.6 Å². The maximum absolute atomic E-state index is 11.3. The zero-order valence-electron chi connectivity index (χ0n) is 11.1. The summed E-state index contributed by atoms with van der Waals surface area (Å²) in [4.78, 5) is 22.5. The molecule has 0 bridgehead atoms. The van der Waals surface area contributed by atoms with E-state index in [1.165, 1.54) is 12.1 Å². The van der Waals surface area contributed by atoms with Gasteiger partial charge in [-0.1, -0.05) is 28.1 Å². The van der Waals surface area contributed by atoms with Gasteiger partial charge in [-0.25, -0.2) is 9.59 Å². The minimum atomic E-state index is -1.09. The predicted octanol–water partition coefficient (Wildman–Crippen LogP) is 3.90. The van der Waals surface area contributed by atoms with Gasteiger partial charge in [0.05, 0.1) is 22.5 Å². The molecular weight excluding hydrogens is 338 g/mol. The summed E-state index contributed by atoms with van der Waals surface area (Å²) in [6.07, 6.45) is 0. The first-order valence-corrected chi connectivity index (χ1v) is 6.82. The Bertz CT molecular complexity index is 728. The number of hydrogen-bond acceptors (Lipinski definition) is 3. The summed E-state index contributed by atoms with van der Waals surface area (Å²) in [7, 11) is 0. The number of hydrogen-bond donors (Lipinski definition) is 3. The SMILES string of the molecule is Cc1cccc(C(=O)O)c1Nc1cc(Br)ccc1C(=O)O. The van der Waals surface area contributed by atoms with E-state index in [1.807, 2.05) is 0 Å². The van der Waals surface area contributed by atoms with Gasteiger partial charge in [-0.05, 0) is 36.8 Å². The van der Waals surface area contributed by atoms with E-state index in [9.17, 15) is 19.8 Å². The molecule has 0 aliphatic carbocycles. The second kappa shape index (κ2) is 5.97. The largest absolute Gasteiger partial charge is 0.478 e. The van der Waals surface area contributed by atoms with E-state index >= 15 is 0 Å². The Labute approximate surface area is 129 Å². The van der Waals surface area contributed by atoms with Crippen LogP contribution in [-0.2, 0) is 0 Å². The fourth-order valence-electron chi connectivity index (χ4n) is 1.95. The molecular formula is C15H12BrNO4. The standard InChI is InChI=1S/C15H12BrNO4/c1-8-3-2-4-11(15(20)21)13(8)17-12-7-9(16)5-6-10(12)14(18)19/h2-7,17H,1H3,(H,18,19)(H,20,21). The normalized spacial score (nSPS) is 10.2. The lowest BCUT2D eigenvalue weighted by molar-refractivity contribution is 0.0688. The number of carboxylic acids is 2. The van der Waals surface area contributed by atoms with Crippen molar-refractivity contribution in [1.29, 1.82) is 0 Å². The molecule has 6 heteroatoms. The van der Waals surface area contributed by atoms with Crippen LogP contribution in [0, 0.1) is 6.92 Å². The van der Waals surface area contributed by atoms with E-state index in [2.05, 4.69) is 21.2 Å². The van der Waals surface area contributed by atoms with Gasteiger partial charge in [0.25, 0.3) is 0 Å². The van der Waals surface area contributed by atoms with Crippen LogP contribution in [0.25, 0.3) is 0 Å². The maximum Gasteiger partial charge on any atom is 0.337 e. The van der Waals surface area contributed by atoms with Crippen LogP contribution in [0.3, 0.4) is 0 Å². The summed E-state index contributed by atoms with van der Waals surface area (Å²) >= 11 is 3.28. The van der Waals surface area contributed by atoms with Crippen LogP contribution in [-0.4, -0.2) is 22.2 Å². The van der Waals surface area contributed by atoms with E-state index < -0.39 is 11.9 Å². The molecule has 0 aromatic heterocycles. The summed E-state index contributed by atoms with van der Waals surface area (Å²) in [5.41, 5.74) is 1.58. The van der Waals surface area contributed by atoms with Crippen molar-refractivity contribution in [2.45, 2.75) is 6.92 Å². The predicted molar refractivity (Wildman–Crippen MR) is 82.5 cm³/mol. The quantitative estimate of drug-likeness (QED) is 0.779. The molecule has 0 amide bonds. The number of rotatable bonds is 4. The molecule has 2 aromatic carbocycles. The number of carboxylic acid groups (broad SMARTS) is 2. The first-order valence-electron chi connectivity index (χ1n) is 6.03. The minimum absolute atomic E-state index is 0.0674. The van der Waals surface area contributed by atoms with Gasteiger partial charge in [0.2, 0.25) is 0 Å². The monoisotopic (exact) mass is 349 g/mol. The van der Waals surface area contributed by atoms with Gasteiger partial charge in [0, 0.05) is 4.47 Å². The average molecular weight is 350 g/mol. The Balaban J connectivity index is 2.55. The van der Waals surface area contributed by atoms with Crippen molar-refractivity contribution >= 4 is 39.2 Å². The molecule has 5 nitrogen and oxygen atoms in total. The number of para-hydroxylation sites is 1. The van der Waals surface area contributed by atoms with Crippen molar-refractivity contribution in [2.24, 2.45) is 0 Å². The summed E-state index contributed by atoms with van der Waals surface area (Å²) < 4.78 is 0.695. The van der Waals surface area contributed by atoms with Gasteiger partial charge < -0.3 is 15.5 Å². The fraction of sp³-hybridized carbons (Fsp3) is 0.0667. The molecule has 0 unspecified atom stereocenters. The Kier molecular flexibility index (Phi) is 4.28. The molecule has 21 heavy (non-hydrogen) atoms. The van der Waals surface area contributed by atoms with Crippen LogP contribution >= 0.6 is 15.9 Å². The molecule has 0 aliphatic heterocycles. The van der Waals surface area contributed by atoms with Gasteiger partial charge in [0.15, 0.2) is 0 Å². The first kappa shape index (κ1) is 15.1. The van der Waals surface area contributed by atoms with E-state index in [1.54, 1.807) is 31.2 Å². The summed E-state index contributed by atoms with van der Waals surface area (Å²) in [5, 5.41) is 21.4. The molecule has 0 spiro atoms. The van der Waals surface area contributed by atoms with Crippen LogP contribution in [0.2, 0.25) is 0 Å². The third-order valence-electron chi connectivity index (χ3n) is 2.97. The molecule has 0 heterocycles. The van der Waals surface area contributed by atoms with Gasteiger partial charge in [-0.2, -0.15) is 0 Å². The van der Waals surface area contributed by atoms with Crippen LogP contribution in [0.4, 0.5) is 11.4 Å². The van der Waals surface area contributed by atoms with Gasteiger partial charge in [0.1, 0.15) is 0 Å². The molecule has 0 aliphatic rings. The van der Waals surface area contributed by atoms with Crippen molar-refractivity contribution < 1.29 is 19.8 Å². The number of benzene rings is 2. The fourth-order valence-corrected chi connectivity index (χ4v) is 2.31. The first-order chi connectivity index (χ1) is 9.90. The highest BCUT2D eigenvalue weighted by Gasteiger charge is 2.16. The van der Waals surface area contributed by atoms with Crippen molar-refractivity contribution in [2.75, 3.05) is 5.32 Å². The van der Waals surface area contributed by atoms with Crippen molar-refractivity contribution in [1.82, 2.24) is 0 Å². The van der Waals surface area contributed by atoms with Crippen molar-refractivity contribution in [3.8, 4) is 0 Å². The smallest absolute Gasteiger partial charge is 0.337 e. The molecule has 0 saturated carbocycles. The highest BCUT2D eigenvalue weighted by molar-refractivity contribution is 9.10. The Morgan fingerprint density at radius 3 is 2.33 bits per heavy atom. The van der Waals surface area contributed by atoms with Crippen molar-refractivity contribution in [3.63, 3.8) is 0 Å². The van der Waals surface area contributed by atoms with Gasteiger partial charge in [-0.3, -0.25) is 0 Å². The number of halogens is 1. The number of carbonyl (C=O) groups is 2. The molecule has 2 rings (SSSR count). The average Bonchev–Trinajstić information content (AvgIpc) is 2.40. The van der Waals surface area contributed by atoms with E-state index in [-0.39, 0.29) is 11.1 Å². The van der Waals surface area contributed by atoms with E-state index in [0.29, 0.717) is 21.4 Å². The molecule has 108 valence electrons. The number of anilines is 2. The molecule has 3 N–H and O–H groups in total.